The number of amides is 2. The molecule has 2 bridgehead atoms. The van der Waals surface area contributed by atoms with Gasteiger partial charge >= 0.3 is 0 Å². The first-order valence-corrected chi connectivity index (χ1v) is 10.6. The van der Waals surface area contributed by atoms with Gasteiger partial charge in [0.25, 0.3) is 0 Å². The van der Waals surface area contributed by atoms with Crippen molar-refractivity contribution in [3.63, 3.8) is 0 Å². The molecule has 3 heterocycles. The summed E-state index contributed by atoms with van der Waals surface area (Å²) in [7, 11) is 1.62. The van der Waals surface area contributed by atoms with E-state index < -0.39 is 23.0 Å². The average molecular weight is 418 g/mol. The van der Waals surface area contributed by atoms with Crippen LogP contribution in [0.4, 0.5) is 0 Å². The molecule has 0 aliphatic carbocycles. The maximum absolute atomic E-state index is 13.4. The van der Waals surface area contributed by atoms with Gasteiger partial charge in [-0.1, -0.05) is 54.6 Å². The average Bonchev–Trinajstić information content (AvgIpc) is 3.35. The van der Waals surface area contributed by atoms with E-state index in [1.54, 1.807) is 7.11 Å². The van der Waals surface area contributed by atoms with Gasteiger partial charge in [-0.25, -0.2) is 0 Å². The van der Waals surface area contributed by atoms with E-state index in [4.69, 9.17) is 9.47 Å². The van der Waals surface area contributed by atoms with Gasteiger partial charge in [-0.2, -0.15) is 0 Å². The minimum atomic E-state index is -0.761. The molecule has 0 saturated carbocycles. The van der Waals surface area contributed by atoms with Crippen LogP contribution in [0.25, 0.3) is 0 Å². The van der Waals surface area contributed by atoms with E-state index in [1.165, 1.54) is 0 Å². The molecule has 2 fully saturated rings. The Hall–Kier alpha value is -3.12. The first kappa shape index (κ1) is 19.8. The number of carbonyl (C=O) groups is 2. The van der Waals surface area contributed by atoms with Crippen LogP contribution in [0.3, 0.4) is 0 Å². The molecule has 3 aliphatic rings. The van der Waals surface area contributed by atoms with E-state index in [0.717, 1.165) is 16.9 Å². The minimum Gasteiger partial charge on any atom is -0.497 e. The van der Waals surface area contributed by atoms with Crippen LogP contribution in [0, 0.1) is 11.8 Å². The predicted octanol–water partition coefficient (Wildman–Crippen LogP) is 2.68. The Morgan fingerprint density at radius 3 is 2.58 bits per heavy atom. The number of carbonyl (C=O) groups excluding carboxylic acids is 2. The smallest absolute Gasteiger partial charge is 0.230 e. The number of nitrogens with one attached hydrogen (secondary N) is 1. The van der Waals surface area contributed by atoms with Gasteiger partial charge in [0.15, 0.2) is 0 Å². The van der Waals surface area contributed by atoms with Gasteiger partial charge in [0, 0.05) is 13.1 Å². The number of likely N-dealkylation sites (tertiary alicyclic amines) is 1. The van der Waals surface area contributed by atoms with Crippen molar-refractivity contribution >= 4 is 11.8 Å². The lowest BCUT2D eigenvalue weighted by molar-refractivity contribution is -0.139. The Morgan fingerprint density at radius 1 is 1.13 bits per heavy atom. The molecular formula is C25H26N2O4. The zero-order valence-electron chi connectivity index (χ0n) is 17.7. The van der Waals surface area contributed by atoms with Gasteiger partial charge in [-0.15, -0.1) is 0 Å². The van der Waals surface area contributed by atoms with Gasteiger partial charge < -0.3 is 19.7 Å². The summed E-state index contributed by atoms with van der Waals surface area (Å²) in [6, 6.07) is 17.5. The van der Waals surface area contributed by atoms with Crippen LogP contribution in [0.2, 0.25) is 0 Å². The molecule has 31 heavy (non-hydrogen) atoms. The Kier molecular flexibility index (Phi) is 4.63. The molecule has 2 aromatic rings. The molecule has 2 aromatic carbocycles. The molecular weight excluding hydrogens is 392 g/mol. The van der Waals surface area contributed by atoms with Crippen LogP contribution in [0.15, 0.2) is 66.7 Å². The second-order valence-corrected chi connectivity index (χ2v) is 8.78. The van der Waals surface area contributed by atoms with Crippen LogP contribution in [0.1, 0.15) is 18.1 Å². The predicted molar refractivity (Wildman–Crippen MR) is 115 cm³/mol. The van der Waals surface area contributed by atoms with Crippen molar-refractivity contribution in [1.29, 1.82) is 0 Å². The summed E-state index contributed by atoms with van der Waals surface area (Å²) in [6.07, 6.45) is 3.95. The summed E-state index contributed by atoms with van der Waals surface area (Å²) >= 11 is 0. The van der Waals surface area contributed by atoms with Crippen molar-refractivity contribution in [2.75, 3.05) is 13.7 Å². The first-order chi connectivity index (χ1) is 14.9. The molecule has 3 aliphatic heterocycles. The molecule has 6 heteroatoms. The lowest BCUT2D eigenvalue weighted by atomic mass is 9.72. The van der Waals surface area contributed by atoms with E-state index in [-0.39, 0.29) is 11.8 Å². The van der Waals surface area contributed by atoms with Crippen LogP contribution < -0.4 is 10.1 Å². The number of hydrogen-bond acceptors (Lipinski definition) is 4. The fourth-order valence-electron chi connectivity index (χ4n) is 5.23. The number of methoxy groups -OCH3 is 1. The quantitative estimate of drug-likeness (QED) is 0.733. The highest BCUT2D eigenvalue weighted by molar-refractivity contribution is 5.93. The van der Waals surface area contributed by atoms with Crippen LogP contribution in [0.5, 0.6) is 5.75 Å². The van der Waals surface area contributed by atoms with Crippen molar-refractivity contribution in [2.24, 2.45) is 11.8 Å². The molecule has 0 radical (unpaired) electrons. The number of nitrogens with zero attached hydrogens (tertiary/aromatic N) is 1. The number of ether oxygens (including phenoxy) is 2. The Labute approximate surface area is 181 Å². The van der Waals surface area contributed by atoms with Crippen molar-refractivity contribution in [2.45, 2.75) is 31.2 Å². The third-order valence-corrected chi connectivity index (χ3v) is 6.72. The number of benzene rings is 2. The summed E-state index contributed by atoms with van der Waals surface area (Å²) in [4.78, 5) is 28.5. The molecule has 2 amide bonds. The fourth-order valence-corrected chi connectivity index (χ4v) is 5.23. The van der Waals surface area contributed by atoms with E-state index >= 15 is 0 Å². The third kappa shape index (κ3) is 3.22. The monoisotopic (exact) mass is 418 g/mol. The Balaban J connectivity index is 1.33. The maximum Gasteiger partial charge on any atom is 0.230 e. The summed E-state index contributed by atoms with van der Waals surface area (Å²) in [6.45, 7) is 3.29. The van der Waals surface area contributed by atoms with Gasteiger partial charge in [0.2, 0.25) is 11.8 Å². The van der Waals surface area contributed by atoms with E-state index in [0.29, 0.717) is 19.6 Å². The van der Waals surface area contributed by atoms with Crippen LogP contribution in [-0.4, -0.2) is 41.6 Å². The standard InChI is InChI=1S/C25H26N2O4/c1-24-12-13-25(31-24)16-27(15-18-6-4-3-5-7-18)23(29)21(25)20(24)22(28)26-14-17-8-10-19(30-2)11-9-17/h3-13,20-21H,14-16H2,1-2H3,(H,26,28)/t20-,21+,24?,25?/m1/s1. The highest BCUT2D eigenvalue weighted by Crippen LogP contribution is 2.57. The lowest BCUT2D eigenvalue weighted by Crippen LogP contribution is -2.47. The summed E-state index contributed by atoms with van der Waals surface area (Å²) < 4.78 is 11.6. The molecule has 160 valence electrons. The van der Waals surface area contributed by atoms with Gasteiger partial charge in [0.1, 0.15) is 11.4 Å². The molecule has 2 saturated heterocycles. The summed E-state index contributed by atoms with van der Waals surface area (Å²) in [5, 5.41) is 3.02. The highest BCUT2D eigenvalue weighted by Gasteiger charge is 2.71. The third-order valence-electron chi connectivity index (χ3n) is 6.72. The largest absolute Gasteiger partial charge is 0.497 e. The summed E-state index contributed by atoms with van der Waals surface area (Å²) in [5.74, 6) is -0.441. The van der Waals surface area contributed by atoms with Crippen LogP contribution in [-0.2, 0) is 27.4 Å². The molecule has 4 atom stereocenters. The van der Waals surface area contributed by atoms with Crippen molar-refractivity contribution in [3.8, 4) is 5.75 Å². The minimum absolute atomic E-state index is 0.0125. The maximum atomic E-state index is 13.4. The Bertz CT molecular complexity index is 1040. The zero-order chi connectivity index (χ0) is 21.6. The molecule has 2 unspecified atom stereocenters. The van der Waals surface area contributed by atoms with Crippen molar-refractivity contribution < 1.29 is 19.1 Å². The van der Waals surface area contributed by atoms with E-state index in [9.17, 15) is 9.59 Å². The van der Waals surface area contributed by atoms with Gasteiger partial charge in [-0.05, 0) is 30.2 Å². The molecule has 6 nitrogen and oxygen atoms in total. The number of hydrogen-bond donors (Lipinski definition) is 1. The molecule has 1 N–H and O–H groups in total. The van der Waals surface area contributed by atoms with E-state index in [2.05, 4.69) is 5.32 Å². The fraction of sp³-hybridized carbons (Fsp3) is 0.360. The zero-order valence-corrected chi connectivity index (χ0v) is 17.7. The second kappa shape index (κ2) is 7.24. The molecule has 5 rings (SSSR count). The lowest BCUT2D eigenvalue weighted by Gasteiger charge is -2.29. The first-order valence-electron chi connectivity index (χ1n) is 10.6. The number of fused-ring (bicyclic) bond motifs is 1. The van der Waals surface area contributed by atoms with Gasteiger partial charge in [0.05, 0.1) is 31.1 Å². The highest BCUT2D eigenvalue weighted by atomic mass is 16.5. The van der Waals surface area contributed by atoms with Gasteiger partial charge in [-0.3, -0.25) is 9.59 Å². The SMILES string of the molecule is COc1ccc(CNC(=O)[C@H]2[C@H]3C(=O)N(Cc4ccccc4)CC34C=CC2(C)O4)cc1. The van der Waals surface area contributed by atoms with Crippen molar-refractivity contribution in [3.05, 3.63) is 77.9 Å². The summed E-state index contributed by atoms with van der Waals surface area (Å²) in [5.41, 5.74) is 0.556. The second-order valence-electron chi connectivity index (χ2n) is 8.78. The Morgan fingerprint density at radius 2 is 1.87 bits per heavy atom. The van der Waals surface area contributed by atoms with E-state index in [1.807, 2.05) is 78.6 Å². The van der Waals surface area contributed by atoms with Crippen LogP contribution >= 0.6 is 0 Å². The molecule has 1 spiro atoms. The molecule has 0 aromatic heterocycles. The topological polar surface area (TPSA) is 67.9 Å². The van der Waals surface area contributed by atoms with Crippen molar-refractivity contribution in [1.82, 2.24) is 10.2 Å². The normalized spacial score (nSPS) is 30.5. The number of rotatable bonds is 6.